The third kappa shape index (κ3) is 4.06. The number of nitrogens with one attached hydrogen (secondary N) is 1. The van der Waals surface area contributed by atoms with Crippen LogP contribution < -0.4 is 10.1 Å². The summed E-state index contributed by atoms with van der Waals surface area (Å²) in [5.74, 6) is 1.68. The van der Waals surface area contributed by atoms with E-state index in [0.29, 0.717) is 24.3 Å². The summed E-state index contributed by atoms with van der Waals surface area (Å²) in [6.07, 6.45) is 1.72. The van der Waals surface area contributed by atoms with Gasteiger partial charge in [-0.1, -0.05) is 30.3 Å². The van der Waals surface area contributed by atoms with Crippen LogP contribution in [-0.4, -0.2) is 15.2 Å². The number of rotatable bonds is 6. The molecule has 1 atom stereocenters. The van der Waals surface area contributed by atoms with E-state index >= 15 is 0 Å². The van der Waals surface area contributed by atoms with E-state index < -0.39 is 0 Å². The number of anilines is 1. The monoisotopic (exact) mass is 310 g/mol. The van der Waals surface area contributed by atoms with Crippen LogP contribution in [0.3, 0.4) is 0 Å². The molecule has 0 amide bonds. The summed E-state index contributed by atoms with van der Waals surface area (Å²) < 4.78 is 11.1. The maximum Gasteiger partial charge on any atom is 0.238 e. The van der Waals surface area contributed by atoms with Crippen molar-refractivity contribution in [3.8, 4) is 5.88 Å². The van der Waals surface area contributed by atoms with E-state index in [9.17, 15) is 0 Å². The predicted octanol–water partition coefficient (Wildman–Crippen LogP) is 3.53. The van der Waals surface area contributed by atoms with Gasteiger partial charge in [-0.05, 0) is 18.6 Å². The lowest BCUT2D eigenvalue weighted by Gasteiger charge is -2.11. The summed E-state index contributed by atoms with van der Waals surface area (Å²) in [5.41, 5.74) is 1.97. The molecule has 0 bridgehead atoms. The molecule has 0 aliphatic carbocycles. The fraction of sp³-hybridized carbons (Fsp3) is 0.235. The Bertz CT molecular complexity index is 741. The summed E-state index contributed by atoms with van der Waals surface area (Å²) in [5, 5.41) is 11.1. The first-order valence-electron chi connectivity index (χ1n) is 7.40. The molecule has 3 aromatic rings. The number of hydrogen-bond donors (Lipinski definition) is 1. The Hall–Kier alpha value is -2.89. The minimum Gasteiger partial charge on any atom is -0.473 e. The highest BCUT2D eigenvalue weighted by Crippen LogP contribution is 2.19. The Balaban J connectivity index is 1.56. The Labute approximate surface area is 134 Å². The Morgan fingerprint density at radius 1 is 1.13 bits per heavy atom. The molecular weight excluding hydrogens is 292 g/mol. The minimum atomic E-state index is -0.0888. The molecule has 118 valence electrons. The van der Waals surface area contributed by atoms with Crippen molar-refractivity contribution in [1.29, 1.82) is 0 Å². The summed E-state index contributed by atoms with van der Waals surface area (Å²) >= 11 is 0. The van der Waals surface area contributed by atoms with Crippen molar-refractivity contribution in [2.75, 3.05) is 5.32 Å². The summed E-state index contributed by atoms with van der Waals surface area (Å²) in [4.78, 5) is 4.29. The molecule has 2 heterocycles. The van der Waals surface area contributed by atoms with Crippen LogP contribution in [-0.2, 0) is 6.61 Å². The molecule has 2 aromatic heterocycles. The SMILES string of the molecule is Cc1nnc([C@H](C)Nc2ccc(OCc3ccccc3)nc2)o1. The van der Waals surface area contributed by atoms with Crippen molar-refractivity contribution in [2.24, 2.45) is 0 Å². The average molecular weight is 310 g/mol. The van der Waals surface area contributed by atoms with Crippen LogP contribution in [0.25, 0.3) is 0 Å². The van der Waals surface area contributed by atoms with Crippen LogP contribution in [0.15, 0.2) is 53.1 Å². The molecule has 0 radical (unpaired) electrons. The van der Waals surface area contributed by atoms with Crippen LogP contribution in [0.4, 0.5) is 5.69 Å². The number of benzene rings is 1. The van der Waals surface area contributed by atoms with E-state index in [1.54, 1.807) is 13.1 Å². The van der Waals surface area contributed by atoms with E-state index in [1.807, 2.05) is 49.4 Å². The van der Waals surface area contributed by atoms with E-state index in [1.165, 1.54) is 0 Å². The topological polar surface area (TPSA) is 73.1 Å². The van der Waals surface area contributed by atoms with Gasteiger partial charge in [0.05, 0.1) is 11.9 Å². The quantitative estimate of drug-likeness (QED) is 0.751. The normalized spacial score (nSPS) is 11.9. The minimum absolute atomic E-state index is 0.0888. The van der Waals surface area contributed by atoms with Gasteiger partial charge < -0.3 is 14.5 Å². The van der Waals surface area contributed by atoms with E-state index in [0.717, 1.165) is 11.3 Å². The Morgan fingerprint density at radius 3 is 2.61 bits per heavy atom. The molecule has 0 aliphatic rings. The van der Waals surface area contributed by atoms with Gasteiger partial charge in [0.25, 0.3) is 0 Å². The molecule has 0 unspecified atom stereocenters. The Kier molecular flexibility index (Phi) is 4.52. The molecule has 23 heavy (non-hydrogen) atoms. The van der Waals surface area contributed by atoms with E-state index in [-0.39, 0.29) is 6.04 Å². The van der Waals surface area contributed by atoms with Crippen molar-refractivity contribution >= 4 is 5.69 Å². The molecule has 6 nitrogen and oxygen atoms in total. The van der Waals surface area contributed by atoms with Gasteiger partial charge in [-0.3, -0.25) is 0 Å². The lowest BCUT2D eigenvalue weighted by molar-refractivity contribution is 0.294. The highest BCUT2D eigenvalue weighted by atomic mass is 16.5. The second kappa shape index (κ2) is 6.91. The van der Waals surface area contributed by atoms with Gasteiger partial charge in [0, 0.05) is 13.0 Å². The number of hydrogen-bond acceptors (Lipinski definition) is 6. The van der Waals surface area contributed by atoms with Crippen LogP contribution >= 0.6 is 0 Å². The smallest absolute Gasteiger partial charge is 0.238 e. The molecule has 0 saturated carbocycles. The van der Waals surface area contributed by atoms with Crippen molar-refractivity contribution in [3.05, 3.63) is 66.0 Å². The molecular formula is C17H18N4O2. The van der Waals surface area contributed by atoms with Crippen molar-refractivity contribution in [1.82, 2.24) is 15.2 Å². The fourth-order valence-electron chi connectivity index (χ4n) is 2.08. The van der Waals surface area contributed by atoms with Gasteiger partial charge in [0.15, 0.2) is 0 Å². The number of nitrogens with zero attached hydrogens (tertiary/aromatic N) is 3. The average Bonchev–Trinajstić information content (AvgIpc) is 3.02. The van der Waals surface area contributed by atoms with Gasteiger partial charge in [0.1, 0.15) is 12.6 Å². The molecule has 0 fully saturated rings. The molecule has 6 heteroatoms. The molecule has 0 aliphatic heterocycles. The summed E-state index contributed by atoms with van der Waals surface area (Å²) in [7, 11) is 0. The largest absolute Gasteiger partial charge is 0.473 e. The lowest BCUT2D eigenvalue weighted by Crippen LogP contribution is -2.07. The summed E-state index contributed by atoms with van der Waals surface area (Å²) in [6, 6.07) is 13.6. The summed E-state index contributed by atoms with van der Waals surface area (Å²) in [6.45, 7) is 4.22. The van der Waals surface area contributed by atoms with Gasteiger partial charge in [0.2, 0.25) is 17.7 Å². The standard InChI is InChI=1S/C17H18N4O2/c1-12(17-21-20-13(2)23-17)19-15-8-9-16(18-10-15)22-11-14-6-4-3-5-7-14/h3-10,12,19H,11H2,1-2H3/t12-/m0/s1. The third-order valence-corrected chi connectivity index (χ3v) is 3.26. The predicted molar refractivity (Wildman–Crippen MR) is 86.1 cm³/mol. The first-order chi connectivity index (χ1) is 11.2. The molecule has 3 rings (SSSR count). The zero-order chi connectivity index (χ0) is 16.1. The van der Waals surface area contributed by atoms with Crippen LogP contribution in [0, 0.1) is 6.92 Å². The highest BCUT2D eigenvalue weighted by molar-refractivity contribution is 5.43. The second-order valence-corrected chi connectivity index (χ2v) is 5.18. The van der Waals surface area contributed by atoms with Gasteiger partial charge >= 0.3 is 0 Å². The third-order valence-electron chi connectivity index (χ3n) is 3.26. The first-order valence-corrected chi connectivity index (χ1v) is 7.40. The zero-order valence-corrected chi connectivity index (χ0v) is 13.1. The van der Waals surface area contributed by atoms with Crippen molar-refractivity contribution in [2.45, 2.75) is 26.5 Å². The van der Waals surface area contributed by atoms with E-state index in [2.05, 4.69) is 20.5 Å². The molecule has 1 N–H and O–H groups in total. The lowest BCUT2D eigenvalue weighted by atomic mass is 10.2. The fourth-order valence-corrected chi connectivity index (χ4v) is 2.08. The van der Waals surface area contributed by atoms with Crippen molar-refractivity contribution in [3.63, 3.8) is 0 Å². The van der Waals surface area contributed by atoms with Crippen LogP contribution in [0.2, 0.25) is 0 Å². The maximum atomic E-state index is 5.66. The maximum absolute atomic E-state index is 5.66. The van der Waals surface area contributed by atoms with Crippen LogP contribution in [0.1, 0.15) is 30.3 Å². The number of aryl methyl sites for hydroxylation is 1. The highest BCUT2D eigenvalue weighted by Gasteiger charge is 2.12. The van der Waals surface area contributed by atoms with Crippen LogP contribution in [0.5, 0.6) is 5.88 Å². The zero-order valence-electron chi connectivity index (χ0n) is 13.1. The number of pyridine rings is 1. The van der Waals surface area contributed by atoms with Gasteiger partial charge in [-0.2, -0.15) is 0 Å². The first kappa shape index (κ1) is 15.0. The Morgan fingerprint density at radius 2 is 1.96 bits per heavy atom. The molecule has 0 spiro atoms. The van der Waals surface area contributed by atoms with E-state index in [4.69, 9.17) is 9.15 Å². The number of ether oxygens (including phenoxy) is 1. The molecule has 0 saturated heterocycles. The number of aromatic nitrogens is 3. The second-order valence-electron chi connectivity index (χ2n) is 5.18. The van der Waals surface area contributed by atoms with Gasteiger partial charge in [-0.25, -0.2) is 4.98 Å². The molecule has 1 aromatic carbocycles. The van der Waals surface area contributed by atoms with Gasteiger partial charge in [-0.15, -0.1) is 10.2 Å². The van der Waals surface area contributed by atoms with Crippen molar-refractivity contribution < 1.29 is 9.15 Å².